The van der Waals surface area contributed by atoms with E-state index in [0.29, 0.717) is 30.0 Å². The van der Waals surface area contributed by atoms with Gasteiger partial charge in [-0.05, 0) is 55.2 Å². The van der Waals surface area contributed by atoms with Crippen molar-refractivity contribution >= 4 is 5.91 Å². The molecule has 1 aliphatic heterocycles. The predicted octanol–water partition coefficient (Wildman–Crippen LogP) is 3.96. The molecule has 1 unspecified atom stereocenters. The highest BCUT2D eigenvalue weighted by Gasteiger charge is 2.48. The number of halogens is 3. The maximum absolute atomic E-state index is 13.6. The lowest BCUT2D eigenvalue weighted by atomic mass is 9.94. The fourth-order valence-electron chi connectivity index (χ4n) is 4.64. The Kier molecular flexibility index (Phi) is 5.11. The molecule has 170 valence electrons. The lowest BCUT2D eigenvalue weighted by Gasteiger charge is -2.30. The van der Waals surface area contributed by atoms with Gasteiger partial charge in [-0.1, -0.05) is 12.1 Å². The third-order valence-corrected chi connectivity index (χ3v) is 6.74. The van der Waals surface area contributed by atoms with E-state index >= 15 is 0 Å². The molecule has 2 aromatic carbocycles. The quantitative estimate of drug-likeness (QED) is 0.651. The van der Waals surface area contributed by atoms with Gasteiger partial charge in [0.1, 0.15) is 23.3 Å². The van der Waals surface area contributed by atoms with E-state index in [9.17, 15) is 22.8 Å². The molecule has 1 aliphatic carbocycles. The van der Waals surface area contributed by atoms with Crippen LogP contribution in [0.15, 0.2) is 47.3 Å². The molecule has 0 bridgehead atoms. The number of rotatable bonds is 4. The van der Waals surface area contributed by atoms with Crippen LogP contribution >= 0.6 is 0 Å². The van der Waals surface area contributed by atoms with Crippen LogP contribution in [0.1, 0.15) is 53.9 Å². The first-order chi connectivity index (χ1) is 15.8. The highest BCUT2D eigenvalue weighted by atomic mass is 19.1. The number of fused-ring (bicyclic) bond motifs is 1. The van der Waals surface area contributed by atoms with Crippen molar-refractivity contribution in [3.8, 4) is 0 Å². The Bertz CT molecular complexity index is 1280. The summed E-state index contributed by atoms with van der Waals surface area (Å²) < 4.78 is 40.5. The van der Waals surface area contributed by atoms with Crippen molar-refractivity contribution in [2.45, 2.75) is 44.1 Å². The standard InChI is InChI=1S/C25H22F3N3O2/c1-14(15-10-18(27)12-19(28)11-15)23(33)31-9-6-21-20(13-31)22(32)30-24(29-21)25(7-8-25)16-2-4-17(26)5-3-16/h2-5,10-12,14H,6-9,13H2,1H3,(H,29,30,32). The van der Waals surface area contributed by atoms with Gasteiger partial charge in [0.15, 0.2) is 0 Å². The zero-order chi connectivity index (χ0) is 23.3. The molecule has 33 heavy (non-hydrogen) atoms. The van der Waals surface area contributed by atoms with E-state index in [2.05, 4.69) is 4.98 Å². The molecule has 3 aromatic rings. The number of carbonyl (C=O) groups excluding carboxylic acids is 1. The van der Waals surface area contributed by atoms with Crippen molar-refractivity contribution in [3.63, 3.8) is 0 Å². The predicted molar refractivity (Wildman–Crippen MR) is 115 cm³/mol. The number of H-pyrrole nitrogens is 1. The summed E-state index contributed by atoms with van der Waals surface area (Å²) in [6.07, 6.45) is 2.03. The van der Waals surface area contributed by atoms with Crippen molar-refractivity contribution in [2.24, 2.45) is 0 Å². The number of nitrogens with one attached hydrogen (secondary N) is 1. The number of carbonyl (C=O) groups is 1. The van der Waals surface area contributed by atoms with Crippen molar-refractivity contribution in [3.05, 3.63) is 98.5 Å². The Hall–Kier alpha value is -3.42. The maximum Gasteiger partial charge on any atom is 0.256 e. The number of hydrogen-bond donors (Lipinski definition) is 1. The molecule has 1 N–H and O–H groups in total. The summed E-state index contributed by atoms with van der Waals surface area (Å²) in [5, 5.41) is 0. The molecular formula is C25H22F3N3O2. The number of hydrogen-bond acceptors (Lipinski definition) is 3. The fourth-order valence-corrected chi connectivity index (χ4v) is 4.64. The summed E-state index contributed by atoms with van der Waals surface area (Å²) in [5.41, 5.74) is 1.52. The van der Waals surface area contributed by atoms with Gasteiger partial charge in [-0.2, -0.15) is 0 Å². The molecule has 1 atom stereocenters. The molecule has 2 heterocycles. The Morgan fingerprint density at radius 1 is 1.06 bits per heavy atom. The Morgan fingerprint density at radius 3 is 2.36 bits per heavy atom. The van der Waals surface area contributed by atoms with Gasteiger partial charge < -0.3 is 9.88 Å². The van der Waals surface area contributed by atoms with E-state index in [4.69, 9.17) is 4.98 Å². The van der Waals surface area contributed by atoms with Gasteiger partial charge in [-0.25, -0.2) is 18.2 Å². The molecule has 1 amide bonds. The molecular weight excluding hydrogens is 431 g/mol. The monoisotopic (exact) mass is 453 g/mol. The van der Waals surface area contributed by atoms with E-state index in [1.807, 2.05) is 0 Å². The van der Waals surface area contributed by atoms with Crippen LogP contribution in [0.2, 0.25) is 0 Å². The smallest absolute Gasteiger partial charge is 0.256 e. The summed E-state index contributed by atoms with van der Waals surface area (Å²) in [6, 6.07) is 9.31. The maximum atomic E-state index is 13.6. The number of nitrogens with zero attached hydrogens (tertiary/aromatic N) is 2. The van der Waals surface area contributed by atoms with E-state index in [-0.39, 0.29) is 29.4 Å². The zero-order valence-electron chi connectivity index (χ0n) is 18.0. The third-order valence-electron chi connectivity index (χ3n) is 6.74. The molecule has 1 saturated carbocycles. The zero-order valence-corrected chi connectivity index (χ0v) is 18.0. The Labute approximate surface area is 188 Å². The minimum absolute atomic E-state index is 0.0858. The minimum Gasteiger partial charge on any atom is -0.337 e. The van der Waals surface area contributed by atoms with Crippen LogP contribution in [0, 0.1) is 17.5 Å². The van der Waals surface area contributed by atoms with Gasteiger partial charge in [0.2, 0.25) is 5.91 Å². The van der Waals surface area contributed by atoms with Gasteiger partial charge in [0.25, 0.3) is 5.56 Å². The molecule has 8 heteroatoms. The number of aromatic amines is 1. The largest absolute Gasteiger partial charge is 0.337 e. The van der Waals surface area contributed by atoms with E-state index in [1.54, 1.807) is 19.1 Å². The average Bonchev–Trinajstić information content (AvgIpc) is 3.60. The molecule has 0 saturated heterocycles. The molecule has 2 aliphatic rings. The minimum atomic E-state index is -0.753. The van der Waals surface area contributed by atoms with Crippen LogP contribution in [-0.4, -0.2) is 27.3 Å². The number of benzene rings is 2. The third kappa shape index (κ3) is 3.83. The normalized spacial score (nSPS) is 17.4. The second-order valence-electron chi connectivity index (χ2n) is 8.86. The average molecular weight is 453 g/mol. The van der Waals surface area contributed by atoms with E-state index in [0.717, 1.165) is 36.6 Å². The second-order valence-corrected chi connectivity index (χ2v) is 8.86. The lowest BCUT2D eigenvalue weighted by molar-refractivity contribution is -0.133. The van der Waals surface area contributed by atoms with Crippen LogP contribution in [0.3, 0.4) is 0 Å². The first-order valence-electron chi connectivity index (χ1n) is 10.9. The van der Waals surface area contributed by atoms with Gasteiger partial charge >= 0.3 is 0 Å². The van der Waals surface area contributed by atoms with Crippen LogP contribution in [0.25, 0.3) is 0 Å². The van der Waals surface area contributed by atoms with Crippen LogP contribution in [-0.2, 0) is 23.2 Å². The van der Waals surface area contributed by atoms with Gasteiger partial charge in [0.05, 0.1) is 29.1 Å². The summed E-state index contributed by atoms with van der Waals surface area (Å²) in [6.45, 7) is 2.03. The first-order valence-corrected chi connectivity index (χ1v) is 10.9. The fraction of sp³-hybridized carbons (Fsp3) is 0.320. The SMILES string of the molecule is CC(C(=O)N1CCc2nc(C3(c4ccc(F)cc4)CC3)[nH]c(=O)c2C1)c1cc(F)cc(F)c1. The van der Waals surface area contributed by atoms with Crippen LogP contribution in [0.5, 0.6) is 0 Å². The molecule has 1 fully saturated rings. The van der Waals surface area contributed by atoms with Crippen LogP contribution < -0.4 is 5.56 Å². The molecule has 0 spiro atoms. The van der Waals surface area contributed by atoms with E-state index < -0.39 is 23.0 Å². The molecule has 5 rings (SSSR count). The van der Waals surface area contributed by atoms with Crippen molar-refractivity contribution < 1.29 is 18.0 Å². The Balaban J connectivity index is 1.40. The summed E-state index contributed by atoms with van der Waals surface area (Å²) in [4.78, 5) is 35.1. The van der Waals surface area contributed by atoms with Crippen molar-refractivity contribution in [1.29, 1.82) is 0 Å². The molecule has 1 aromatic heterocycles. The van der Waals surface area contributed by atoms with Gasteiger partial charge in [0, 0.05) is 19.0 Å². The highest BCUT2D eigenvalue weighted by molar-refractivity contribution is 5.83. The molecule has 5 nitrogen and oxygen atoms in total. The first kappa shape index (κ1) is 21.4. The van der Waals surface area contributed by atoms with Gasteiger partial charge in [-0.3, -0.25) is 9.59 Å². The van der Waals surface area contributed by atoms with Crippen LogP contribution in [0.4, 0.5) is 13.2 Å². The second kappa shape index (κ2) is 7.86. The summed E-state index contributed by atoms with van der Waals surface area (Å²) in [7, 11) is 0. The summed E-state index contributed by atoms with van der Waals surface area (Å²) >= 11 is 0. The number of amides is 1. The number of aromatic nitrogens is 2. The van der Waals surface area contributed by atoms with E-state index in [1.165, 1.54) is 17.0 Å². The van der Waals surface area contributed by atoms with Crippen molar-refractivity contribution in [2.75, 3.05) is 6.54 Å². The van der Waals surface area contributed by atoms with Gasteiger partial charge in [-0.15, -0.1) is 0 Å². The molecule has 0 radical (unpaired) electrons. The van der Waals surface area contributed by atoms with Crippen molar-refractivity contribution in [1.82, 2.24) is 14.9 Å². The summed E-state index contributed by atoms with van der Waals surface area (Å²) in [5.74, 6) is -2.29. The topological polar surface area (TPSA) is 66.1 Å². The highest BCUT2D eigenvalue weighted by Crippen LogP contribution is 2.52. The lowest BCUT2D eigenvalue weighted by Crippen LogP contribution is -2.42. The Morgan fingerprint density at radius 2 is 1.73 bits per heavy atom.